The topological polar surface area (TPSA) is 67.4 Å². The molecule has 1 aliphatic carbocycles. The number of carbonyl (C=O) groups excluding carboxylic acids is 2. The standard InChI is InChI=1S/C20H25ClN2O3S/c1-19(2,3)26-18(25)22-12-20(10-6-7-11-20)23-17(24)16-15(21)13-8-4-5-9-14(13)27-16/h4-5,8-9H,6-7,10-12H2,1-3H3,(H,22,25)(H,23,24). The monoisotopic (exact) mass is 408 g/mol. The van der Waals surface area contributed by atoms with Crippen molar-refractivity contribution in [2.45, 2.75) is 57.6 Å². The van der Waals surface area contributed by atoms with Gasteiger partial charge in [-0.1, -0.05) is 42.6 Å². The number of ether oxygens (including phenoxy) is 1. The minimum atomic E-state index is -0.555. The van der Waals surface area contributed by atoms with Gasteiger partial charge in [-0.05, 0) is 39.7 Å². The zero-order valence-electron chi connectivity index (χ0n) is 15.9. The van der Waals surface area contributed by atoms with Crippen molar-refractivity contribution < 1.29 is 14.3 Å². The molecule has 1 aromatic carbocycles. The van der Waals surface area contributed by atoms with Crippen molar-refractivity contribution in [3.05, 3.63) is 34.2 Å². The third kappa shape index (κ3) is 4.74. The molecular weight excluding hydrogens is 384 g/mol. The van der Waals surface area contributed by atoms with E-state index in [9.17, 15) is 9.59 Å². The first-order valence-corrected chi connectivity index (χ1v) is 10.3. The number of benzene rings is 1. The molecule has 0 bridgehead atoms. The predicted octanol–water partition coefficient (Wildman–Crippen LogP) is 5.12. The van der Waals surface area contributed by atoms with Gasteiger partial charge in [0.1, 0.15) is 10.5 Å². The molecule has 5 nitrogen and oxygen atoms in total. The van der Waals surface area contributed by atoms with Crippen molar-refractivity contribution in [1.29, 1.82) is 0 Å². The Morgan fingerprint density at radius 2 is 1.89 bits per heavy atom. The summed E-state index contributed by atoms with van der Waals surface area (Å²) in [6, 6.07) is 7.71. The number of alkyl carbamates (subject to hydrolysis) is 1. The molecule has 0 radical (unpaired) electrons. The fraction of sp³-hybridized carbons (Fsp3) is 0.500. The van der Waals surface area contributed by atoms with Crippen LogP contribution in [-0.4, -0.2) is 29.7 Å². The molecule has 7 heteroatoms. The lowest BCUT2D eigenvalue weighted by Gasteiger charge is -2.31. The molecule has 0 unspecified atom stereocenters. The van der Waals surface area contributed by atoms with E-state index >= 15 is 0 Å². The molecule has 2 aromatic rings. The average molecular weight is 409 g/mol. The number of hydrogen-bond donors (Lipinski definition) is 2. The first kappa shape index (κ1) is 20.0. The van der Waals surface area contributed by atoms with Crippen molar-refractivity contribution in [2.75, 3.05) is 6.54 Å². The van der Waals surface area contributed by atoms with Crippen LogP contribution < -0.4 is 10.6 Å². The Bertz CT molecular complexity index is 851. The van der Waals surface area contributed by atoms with E-state index in [2.05, 4.69) is 10.6 Å². The summed E-state index contributed by atoms with van der Waals surface area (Å²) in [7, 11) is 0. The van der Waals surface area contributed by atoms with Crippen molar-refractivity contribution in [3.8, 4) is 0 Å². The second-order valence-corrected chi connectivity index (χ2v) is 9.47. The summed E-state index contributed by atoms with van der Waals surface area (Å²) in [5.41, 5.74) is -1.02. The Hall–Kier alpha value is -1.79. The van der Waals surface area contributed by atoms with Gasteiger partial charge in [0.15, 0.2) is 0 Å². The number of hydrogen-bond acceptors (Lipinski definition) is 4. The summed E-state index contributed by atoms with van der Waals surface area (Å²) in [5, 5.41) is 7.34. The van der Waals surface area contributed by atoms with Gasteiger partial charge in [-0.25, -0.2) is 4.79 Å². The average Bonchev–Trinajstić information content (AvgIpc) is 3.17. The number of thiophene rings is 1. The van der Waals surface area contributed by atoms with E-state index in [1.165, 1.54) is 11.3 Å². The van der Waals surface area contributed by atoms with Crippen molar-refractivity contribution in [1.82, 2.24) is 10.6 Å². The highest BCUT2D eigenvalue weighted by atomic mass is 35.5. The van der Waals surface area contributed by atoms with Crippen molar-refractivity contribution in [2.24, 2.45) is 0 Å². The van der Waals surface area contributed by atoms with Crippen LogP contribution in [0.1, 0.15) is 56.1 Å². The van der Waals surface area contributed by atoms with E-state index in [0.717, 1.165) is 35.8 Å². The molecule has 1 saturated carbocycles. The highest BCUT2D eigenvalue weighted by Gasteiger charge is 2.37. The Labute approximate surface area is 168 Å². The van der Waals surface area contributed by atoms with Gasteiger partial charge in [0, 0.05) is 16.6 Å². The van der Waals surface area contributed by atoms with Gasteiger partial charge >= 0.3 is 6.09 Å². The minimum absolute atomic E-state index is 0.186. The number of amides is 2. The molecule has 1 aromatic heterocycles. The normalized spacial score (nSPS) is 16.3. The summed E-state index contributed by atoms with van der Waals surface area (Å²) >= 11 is 7.83. The summed E-state index contributed by atoms with van der Waals surface area (Å²) < 4.78 is 6.30. The Kier molecular flexibility index (Phi) is 5.68. The highest BCUT2D eigenvalue weighted by molar-refractivity contribution is 7.21. The Morgan fingerprint density at radius 3 is 2.52 bits per heavy atom. The number of nitrogens with one attached hydrogen (secondary N) is 2. The second kappa shape index (κ2) is 7.68. The molecule has 0 spiro atoms. The maximum atomic E-state index is 12.9. The van der Waals surface area contributed by atoms with Crippen LogP contribution >= 0.6 is 22.9 Å². The van der Waals surface area contributed by atoms with Crippen molar-refractivity contribution >= 4 is 45.0 Å². The van der Waals surface area contributed by atoms with E-state index in [0.29, 0.717) is 16.4 Å². The van der Waals surface area contributed by atoms with Gasteiger partial charge in [0.25, 0.3) is 5.91 Å². The number of rotatable bonds is 4. The molecular formula is C20H25ClN2O3S. The molecule has 27 heavy (non-hydrogen) atoms. The van der Waals surface area contributed by atoms with Crippen LogP contribution in [0.25, 0.3) is 10.1 Å². The van der Waals surface area contributed by atoms with Crippen LogP contribution in [0.3, 0.4) is 0 Å². The molecule has 2 amide bonds. The molecule has 0 aliphatic heterocycles. The van der Waals surface area contributed by atoms with Crippen LogP contribution in [0, 0.1) is 0 Å². The SMILES string of the molecule is CC(C)(C)OC(=O)NCC1(NC(=O)c2sc3ccccc3c2Cl)CCCC1. The second-order valence-electron chi connectivity index (χ2n) is 8.04. The lowest BCUT2D eigenvalue weighted by molar-refractivity contribution is 0.0505. The smallest absolute Gasteiger partial charge is 0.407 e. The van der Waals surface area contributed by atoms with Crippen LogP contribution in [0.5, 0.6) is 0 Å². The predicted molar refractivity (Wildman–Crippen MR) is 110 cm³/mol. The maximum absolute atomic E-state index is 12.9. The van der Waals surface area contributed by atoms with E-state index in [1.807, 2.05) is 45.0 Å². The molecule has 3 rings (SSSR count). The van der Waals surface area contributed by atoms with Gasteiger partial charge in [0.05, 0.1) is 10.6 Å². The fourth-order valence-corrected chi connectivity index (χ4v) is 4.82. The largest absolute Gasteiger partial charge is 0.444 e. The summed E-state index contributed by atoms with van der Waals surface area (Å²) in [6.07, 6.45) is 3.18. The van der Waals surface area contributed by atoms with Crippen molar-refractivity contribution in [3.63, 3.8) is 0 Å². The first-order chi connectivity index (χ1) is 12.7. The molecule has 1 fully saturated rings. The molecule has 0 atom stereocenters. The number of carbonyl (C=O) groups is 2. The molecule has 0 saturated heterocycles. The van der Waals surface area contributed by atoms with Gasteiger partial charge in [-0.15, -0.1) is 11.3 Å². The van der Waals surface area contributed by atoms with E-state index in [1.54, 1.807) is 0 Å². The number of halogens is 1. The molecule has 146 valence electrons. The highest BCUT2D eigenvalue weighted by Crippen LogP contribution is 2.36. The Balaban J connectivity index is 1.72. The third-order valence-electron chi connectivity index (χ3n) is 4.65. The summed E-state index contributed by atoms with van der Waals surface area (Å²) in [5.74, 6) is -0.186. The van der Waals surface area contributed by atoms with E-state index in [4.69, 9.17) is 16.3 Å². The van der Waals surface area contributed by atoms with Crippen LogP contribution in [-0.2, 0) is 4.74 Å². The fourth-order valence-electron chi connectivity index (χ4n) is 3.41. The third-order valence-corrected chi connectivity index (χ3v) is 6.32. The van der Waals surface area contributed by atoms with Gasteiger partial charge in [-0.3, -0.25) is 4.79 Å². The summed E-state index contributed by atoms with van der Waals surface area (Å²) in [4.78, 5) is 25.5. The summed E-state index contributed by atoms with van der Waals surface area (Å²) in [6.45, 7) is 5.81. The lowest BCUT2D eigenvalue weighted by Crippen LogP contribution is -2.54. The maximum Gasteiger partial charge on any atom is 0.407 e. The van der Waals surface area contributed by atoms with E-state index < -0.39 is 17.2 Å². The molecule has 1 heterocycles. The van der Waals surface area contributed by atoms with Crippen LogP contribution in [0.2, 0.25) is 5.02 Å². The van der Waals surface area contributed by atoms with Gasteiger partial charge in [-0.2, -0.15) is 0 Å². The number of fused-ring (bicyclic) bond motifs is 1. The Morgan fingerprint density at radius 1 is 1.22 bits per heavy atom. The quantitative estimate of drug-likeness (QED) is 0.737. The zero-order valence-corrected chi connectivity index (χ0v) is 17.4. The van der Waals surface area contributed by atoms with Crippen LogP contribution in [0.15, 0.2) is 24.3 Å². The molecule has 2 N–H and O–H groups in total. The van der Waals surface area contributed by atoms with Gasteiger partial charge < -0.3 is 15.4 Å². The van der Waals surface area contributed by atoms with E-state index in [-0.39, 0.29) is 5.91 Å². The van der Waals surface area contributed by atoms with Gasteiger partial charge in [0.2, 0.25) is 0 Å². The minimum Gasteiger partial charge on any atom is -0.444 e. The van der Waals surface area contributed by atoms with Crippen LogP contribution in [0.4, 0.5) is 4.79 Å². The molecule has 1 aliphatic rings. The zero-order chi connectivity index (χ0) is 19.7. The lowest BCUT2D eigenvalue weighted by atomic mass is 9.97. The first-order valence-electron chi connectivity index (χ1n) is 9.16.